The molecule has 0 unspecified atom stereocenters. The van der Waals surface area contributed by atoms with Crippen molar-refractivity contribution in [3.63, 3.8) is 0 Å². The van der Waals surface area contributed by atoms with Gasteiger partial charge in [0.25, 0.3) is 5.92 Å². The van der Waals surface area contributed by atoms with Crippen molar-refractivity contribution in [2.75, 3.05) is 18.6 Å². The van der Waals surface area contributed by atoms with E-state index in [1.807, 2.05) is 24.3 Å². The van der Waals surface area contributed by atoms with E-state index in [0.29, 0.717) is 5.75 Å². The van der Waals surface area contributed by atoms with Gasteiger partial charge in [-0.3, -0.25) is 0 Å². The number of ether oxygens (including phenoxy) is 2. The molecular formula is C17H18ClF2N3O2. The number of nitrogens with zero attached hydrogens (tertiary/aromatic N) is 3. The van der Waals surface area contributed by atoms with Crippen LogP contribution in [0.5, 0.6) is 11.5 Å². The Morgan fingerprint density at radius 1 is 1.32 bits per heavy atom. The van der Waals surface area contributed by atoms with Crippen molar-refractivity contribution in [2.24, 2.45) is 0 Å². The number of rotatable bonds is 5. The van der Waals surface area contributed by atoms with Crippen LogP contribution in [0.4, 0.5) is 14.6 Å². The quantitative estimate of drug-likeness (QED) is 0.747. The van der Waals surface area contributed by atoms with Crippen LogP contribution in [0.15, 0.2) is 30.5 Å². The Morgan fingerprint density at radius 2 is 2.04 bits per heavy atom. The highest BCUT2D eigenvalue weighted by Crippen LogP contribution is 2.38. The van der Waals surface area contributed by atoms with E-state index in [-0.39, 0.29) is 30.2 Å². The average Bonchev–Trinajstić information content (AvgIpc) is 2.86. The van der Waals surface area contributed by atoms with Crippen LogP contribution in [0.2, 0.25) is 5.28 Å². The molecule has 1 aromatic heterocycles. The van der Waals surface area contributed by atoms with Gasteiger partial charge in [0, 0.05) is 12.5 Å². The van der Waals surface area contributed by atoms with Crippen LogP contribution in [0.3, 0.4) is 0 Å². The highest BCUT2D eigenvalue weighted by molar-refractivity contribution is 6.28. The zero-order chi connectivity index (χ0) is 18.0. The van der Waals surface area contributed by atoms with Crippen LogP contribution >= 0.6 is 11.6 Å². The molecule has 0 saturated carbocycles. The molecule has 1 aliphatic heterocycles. The summed E-state index contributed by atoms with van der Waals surface area (Å²) in [4.78, 5) is 9.53. The van der Waals surface area contributed by atoms with Gasteiger partial charge in [0.2, 0.25) is 5.28 Å². The molecule has 8 heteroatoms. The molecular weight excluding hydrogens is 352 g/mol. The van der Waals surface area contributed by atoms with Crippen molar-refractivity contribution in [1.29, 1.82) is 0 Å². The fourth-order valence-corrected chi connectivity index (χ4v) is 2.96. The summed E-state index contributed by atoms with van der Waals surface area (Å²) < 4.78 is 38.3. The summed E-state index contributed by atoms with van der Waals surface area (Å²) >= 11 is 5.86. The predicted molar refractivity (Wildman–Crippen MR) is 90.7 cm³/mol. The molecule has 134 valence electrons. The van der Waals surface area contributed by atoms with Gasteiger partial charge in [-0.15, -0.1) is 0 Å². The number of hydrogen-bond acceptors (Lipinski definition) is 5. The fourth-order valence-electron chi connectivity index (χ4n) is 2.83. The minimum atomic E-state index is -2.76. The first-order valence-electron chi connectivity index (χ1n) is 7.81. The second-order valence-corrected chi connectivity index (χ2v) is 6.34. The van der Waals surface area contributed by atoms with E-state index in [1.54, 1.807) is 14.0 Å². The van der Waals surface area contributed by atoms with Gasteiger partial charge in [-0.25, -0.2) is 13.8 Å². The molecule has 2 heterocycles. The molecule has 1 aliphatic rings. The third-order valence-corrected chi connectivity index (χ3v) is 4.24. The summed E-state index contributed by atoms with van der Waals surface area (Å²) in [5.41, 5.74) is 0.904. The number of aromatic nitrogens is 2. The number of halogens is 3. The third kappa shape index (κ3) is 4.10. The van der Waals surface area contributed by atoms with Crippen molar-refractivity contribution >= 4 is 17.4 Å². The van der Waals surface area contributed by atoms with Crippen molar-refractivity contribution in [2.45, 2.75) is 31.9 Å². The second kappa shape index (κ2) is 7.00. The number of anilines is 1. The van der Waals surface area contributed by atoms with E-state index in [9.17, 15) is 8.78 Å². The van der Waals surface area contributed by atoms with Gasteiger partial charge in [0.15, 0.2) is 11.6 Å². The van der Waals surface area contributed by atoms with Crippen LogP contribution < -0.4 is 14.4 Å². The summed E-state index contributed by atoms with van der Waals surface area (Å²) in [7, 11) is 1.59. The monoisotopic (exact) mass is 369 g/mol. The van der Waals surface area contributed by atoms with Gasteiger partial charge in [-0.2, -0.15) is 4.98 Å². The van der Waals surface area contributed by atoms with E-state index in [4.69, 9.17) is 21.1 Å². The van der Waals surface area contributed by atoms with E-state index >= 15 is 0 Å². The number of benzene rings is 1. The van der Waals surface area contributed by atoms with Gasteiger partial charge in [-0.05, 0) is 36.2 Å². The molecule has 0 N–H and O–H groups in total. The Kier molecular flexibility index (Phi) is 4.94. The summed E-state index contributed by atoms with van der Waals surface area (Å²) in [6.07, 6.45) is 1.18. The van der Waals surface area contributed by atoms with Crippen LogP contribution in [-0.2, 0) is 6.61 Å². The van der Waals surface area contributed by atoms with Crippen LogP contribution in [0.1, 0.15) is 18.9 Å². The lowest BCUT2D eigenvalue weighted by atomic mass is 10.2. The first-order valence-corrected chi connectivity index (χ1v) is 8.18. The Hall–Kier alpha value is -2.15. The summed E-state index contributed by atoms with van der Waals surface area (Å²) in [6, 6.07) is 7.00. The summed E-state index contributed by atoms with van der Waals surface area (Å²) in [5.74, 6) is -1.40. The molecule has 5 nitrogen and oxygen atoms in total. The van der Waals surface area contributed by atoms with Gasteiger partial charge in [-0.1, -0.05) is 12.1 Å². The second-order valence-electron chi connectivity index (χ2n) is 6.00. The maximum atomic E-state index is 13.7. The molecule has 25 heavy (non-hydrogen) atoms. The summed E-state index contributed by atoms with van der Waals surface area (Å²) in [6.45, 7) is 1.56. The SMILES string of the molecule is COc1ccc(COc2cnc(Cl)nc2N2CC(F)(F)C[C@H]2C)cc1. The Balaban J connectivity index is 1.79. The zero-order valence-corrected chi connectivity index (χ0v) is 14.6. The fraction of sp³-hybridized carbons (Fsp3) is 0.412. The van der Waals surface area contributed by atoms with Gasteiger partial charge in [0.1, 0.15) is 12.4 Å². The third-order valence-electron chi connectivity index (χ3n) is 4.06. The molecule has 0 aliphatic carbocycles. The smallest absolute Gasteiger partial charge is 0.267 e. The molecule has 1 saturated heterocycles. The predicted octanol–water partition coefficient (Wildman–Crippen LogP) is 3.95. The molecule has 2 aromatic rings. The average molecular weight is 370 g/mol. The highest BCUT2D eigenvalue weighted by Gasteiger charge is 2.44. The lowest BCUT2D eigenvalue weighted by molar-refractivity contribution is 0.0229. The molecule has 0 radical (unpaired) electrons. The molecule has 1 fully saturated rings. The van der Waals surface area contributed by atoms with E-state index < -0.39 is 12.5 Å². The van der Waals surface area contributed by atoms with Crippen molar-refractivity contribution < 1.29 is 18.3 Å². The first kappa shape index (κ1) is 17.7. The van der Waals surface area contributed by atoms with E-state index in [0.717, 1.165) is 11.3 Å². The Morgan fingerprint density at radius 3 is 2.64 bits per heavy atom. The normalized spacial score (nSPS) is 19.1. The number of alkyl halides is 2. The maximum Gasteiger partial charge on any atom is 0.267 e. The molecule has 1 atom stereocenters. The Labute approximate surface area is 149 Å². The minimum absolute atomic E-state index is 0.00536. The van der Waals surface area contributed by atoms with Crippen LogP contribution in [-0.4, -0.2) is 35.6 Å². The van der Waals surface area contributed by atoms with Crippen molar-refractivity contribution in [1.82, 2.24) is 9.97 Å². The molecule has 0 amide bonds. The minimum Gasteiger partial charge on any atom is -0.497 e. The first-order chi connectivity index (χ1) is 11.9. The van der Waals surface area contributed by atoms with Gasteiger partial charge < -0.3 is 14.4 Å². The van der Waals surface area contributed by atoms with E-state index in [1.165, 1.54) is 11.1 Å². The lowest BCUT2D eigenvalue weighted by Gasteiger charge is -2.24. The number of hydrogen-bond donors (Lipinski definition) is 0. The van der Waals surface area contributed by atoms with Crippen molar-refractivity contribution in [3.8, 4) is 11.5 Å². The molecule has 1 aromatic carbocycles. The van der Waals surface area contributed by atoms with E-state index in [2.05, 4.69) is 9.97 Å². The highest BCUT2D eigenvalue weighted by atomic mass is 35.5. The van der Waals surface area contributed by atoms with Crippen LogP contribution in [0, 0.1) is 0 Å². The van der Waals surface area contributed by atoms with Crippen LogP contribution in [0.25, 0.3) is 0 Å². The standard InChI is InChI=1S/C17H18ClF2N3O2/c1-11-7-17(19,20)10-23(11)15-14(8-21-16(18)22-15)25-9-12-3-5-13(24-2)6-4-12/h3-6,8,11H,7,9-10H2,1-2H3/t11-/m1/s1. The molecule has 0 bridgehead atoms. The lowest BCUT2D eigenvalue weighted by Crippen LogP contribution is -2.30. The number of methoxy groups -OCH3 is 1. The molecule has 0 spiro atoms. The molecule has 3 rings (SSSR count). The Bertz CT molecular complexity index is 743. The van der Waals surface area contributed by atoms with Gasteiger partial charge in [0.05, 0.1) is 19.9 Å². The summed E-state index contributed by atoms with van der Waals surface area (Å²) in [5, 5.41) is -0.00536. The zero-order valence-electron chi connectivity index (χ0n) is 13.9. The maximum absolute atomic E-state index is 13.7. The topological polar surface area (TPSA) is 47.5 Å². The van der Waals surface area contributed by atoms with Gasteiger partial charge >= 0.3 is 0 Å². The van der Waals surface area contributed by atoms with Crippen molar-refractivity contribution in [3.05, 3.63) is 41.3 Å². The largest absolute Gasteiger partial charge is 0.497 e.